The fourth-order valence-electron chi connectivity index (χ4n) is 2.84. The topological polar surface area (TPSA) is 107 Å². The second-order valence-corrected chi connectivity index (χ2v) is 7.84. The highest BCUT2D eigenvalue weighted by Gasteiger charge is 2.19. The Bertz CT molecular complexity index is 1160. The fourth-order valence-corrected chi connectivity index (χ4v) is 3.86. The molecule has 2 N–H and O–H groups in total. The molecule has 0 aliphatic carbocycles. The van der Waals surface area contributed by atoms with E-state index in [4.69, 9.17) is 27.3 Å². The minimum absolute atomic E-state index is 0.00212. The van der Waals surface area contributed by atoms with Gasteiger partial charge >= 0.3 is 0 Å². The van der Waals surface area contributed by atoms with Crippen LogP contribution in [0.15, 0.2) is 65.0 Å². The first-order valence-corrected chi connectivity index (χ1v) is 10.8. The number of allylic oxidation sites excluding steroid dienone is 2. The first-order valence-electron chi connectivity index (χ1n) is 9.41. The van der Waals surface area contributed by atoms with Gasteiger partial charge in [-0.1, -0.05) is 35.5 Å². The second kappa shape index (κ2) is 10.2. The molecule has 0 amide bonds. The summed E-state index contributed by atoms with van der Waals surface area (Å²) < 4.78 is 7.36. The molecule has 3 rings (SSSR count). The molecule has 0 saturated heterocycles. The molecule has 1 heterocycles. The van der Waals surface area contributed by atoms with E-state index in [2.05, 4.69) is 10.2 Å². The summed E-state index contributed by atoms with van der Waals surface area (Å²) in [6, 6.07) is 16.6. The minimum atomic E-state index is -0.363. The van der Waals surface area contributed by atoms with Gasteiger partial charge in [0.15, 0.2) is 16.8 Å². The standard InChI is InChI=1S/C22H20ClN5O2S/c1-3-30-18-9-7-17(8-10-18)28-21(15-5-4-6-16(23)11-15)26-27-22(28)31-13-20(29)19(12-24)14(2)25/h4-11H,3,13,25H2,1-2H3/b19-14+. The summed E-state index contributed by atoms with van der Waals surface area (Å²) in [6.07, 6.45) is 0. The predicted molar refractivity (Wildman–Crippen MR) is 121 cm³/mol. The zero-order valence-electron chi connectivity index (χ0n) is 17.0. The Morgan fingerprint density at radius 1 is 1.26 bits per heavy atom. The number of hydrogen-bond acceptors (Lipinski definition) is 7. The summed E-state index contributed by atoms with van der Waals surface area (Å²) in [5, 5.41) is 18.9. The molecule has 7 nitrogen and oxygen atoms in total. The number of thioether (sulfide) groups is 1. The average Bonchev–Trinajstić information content (AvgIpc) is 3.17. The molecule has 0 unspecified atom stereocenters. The van der Waals surface area contributed by atoms with Crippen LogP contribution in [0, 0.1) is 11.3 Å². The van der Waals surface area contributed by atoms with Gasteiger partial charge in [0.05, 0.1) is 12.4 Å². The van der Waals surface area contributed by atoms with E-state index in [9.17, 15) is 4.79 Å². The van der Waals surface area contributed by atoms with Crippen LogP contribution in [0.25, 0.3) is 17.1 Å². The quantitative estimate of drug-likeness (QED) is 0.306. The molecule has 0 radical (unpaired) electrons. The maximum atomic E-state index is 12.4. The monoisotopic (exact) mass is 453 g/mol. The number of Topliss-reactive ketones (excluding diaryl/α,β-unsaturated/α-hetero) is 1. The number of ketones is 1. The van der Waals surface area contributed by atoms with Crippen LogP contribution in [0.2, 0.25) is 5.02 Å². The Kier molecular flexibility index (Phi) is 7.34. The summed E-state index contributed by atoms with van der Waals surface area (Å²) >= 11 is 7.35. The zero-order chi connectivity index (χ0) is 22.4. The van der Waals surface area contributed by atoms with Gasteiger partial charge in [0.25, 0.3) is 0 Å². The predicted octanol–water partition coefficient (Wildman–Crippen LogP) is 4.40. The molecule has 3 aromatic rings. The Balaban J connectivity index is 2.01. The van der Waals surface area contributed by atoms with Crippen LogP contribution in [0.1, 0.15) is 13.8 Å². The van der Waals surface area contributed by atoms with Gasteiger partial charge in [-0.25, -0.2) is 0 Å². The molecule has 158 valence electrons. The largest absolute Gasteiger partial charge is 0.494 e. The molecule has 1 aromatic heterocycles. The second-order valence-electron chi connectivity index (χ2n) is 6.46. The van der Waals surface area contributed by atoms with E-state index in [-0.39, 0.29) is 22.8 Å². The third kappa shape index (κ3) is 5.26. The number of carbonyl (C=O) groups excluding carboxylic acids is 1. The highest BCUT2D eigenvalue weighted by Crippen LogP contribution is 2.30. The van der Waals surface area contributed by atoms with Crippen LogP contribution in [-0.4, -0.2) is 32.9 Å². The van der Waals surface area contributed by atoms with Gasteiger partial charge in [-0.15, -0.1) is 10.2 Å². The number of carbonyl (C=O) groups is 1. The van der Waals surface area contributed by atoms with E-state index in [1.165, 1.54) is 18.7 Å². The van der Waals surface area contributed by atoms with E-state index in [1.807, 2.05) is 54.0 Å². The van der Waals surface area contributed by atoms with E-state index in [0.29, 0.717) is 22.6 Å². The fraction of sp³-hybridized carbons (Fsp3) is 0.182. The van der Waals surface area contributed by atoms with Crippen molar-refractivity contribution in [1.82, 2.24) is 14.8 Å². The SMILES string of the molecule is CCOc1ccc(-n2c(SCC(=O)/C(C#N)=C(\C)N)nnc2-c2cccc(Cl)c2)cc1. The Morgan fingerprint density at radius 3 is 2.61 bits per heavy atom. The molecular formula is C22H20ClN5O2S. The molecule has 0 aliphatic rings. The number of benzene rings is 2. The number of nitriles is 1. The van der Waals surface area contributed by atoms with Gasteiger partial charge in [0.2, 0.25) is 0 Å². The van der Waals surface area contributed by atoms with Gasteiger partial charge in [-0.2, -0.15) is 5.26 Å². The van der Waals surface area contributed by atoms with E-state index in [0.717, 1.165) is 17.0 Å². The van der Waals surface area contributed by atoms with Crippen molar-refractivity contribution in [3.05, 3.63) is 64.8 Å². The highest BCUT2D eigenvalue weighted by molar-refractivity contribution is 7.99. The van der Waals surface area contributed by atoms with Crippen molar-refractivity contribution < 1.29 is 9.53 Å². The van der Waals surface area contributed by atoms with Crippen LogP contribution in [0.4, 0.5) is 0 Å². The van der Waals surface area contributed by atoms with Gasteiger partial charge < -0.3 is 10.5 Å². The third-order valence-corrected chi connectivity index (χ3v) is 5.40. The van der Waals surface area contributed by atoms with Crippen molar-refractivity contribution >= 4 is 29.1 Å². The molecule has 31 heavy (non-hydrogen) atoms. The number of rotatable bonds is 8. The summed E-state index contributed by atoms with van der Waals surface area (Å²) in [4.78, 5) is 12.4. The van der Waals surface area contributed by atoms with Crippen LogP contribution in [0.5, 0.6) is 5.75 Å². The molecule has 0 aliphatic heterocycles. The average molecular weight is 454 g/mol. The summed E-state index contributed by atoms with van der Waals surface area (Å²) in [7, 11) is 0. The van der Waals surface area contributed by atoms with E-state index in [1.54, 1.807) is 12.1 Å². The minimum Gasteiger partial charge on any atom is -0.494 e. The molecule has 0 spiro atoms. The van der Waals surface area contributed by atoms with Crippen molar-refractivity contribution in [2.45, 2.75) is 19.0 Å². The highest BCUT2D eigenvalue weighted by atomic mass is 35.5. The lowest BCUT2D eigenvalue weighted by Crippen LogP contribution is -2.11. The Hall–Kier alpha value is -3.28. The van der Waals surface area contributed by atoms with Crippen molar-refractivity contribution in [2.24, 2.45) is 5.73 Å². The van der Waals surface area contributed by atoms with E-state index < -0.39 is 0 Å². The van der Waals surface area contributed by atoms with Gasteiger partial charge in [0.1, 0.15) is 17.4 Å². The number of nitrogens with two attached hydrogens (primary N) is 1. The van der Waals surface area contributed by atoms with Crippen molar-refractivity contribution in [1.29, 1.82) is 5.26 Å². The van der Waals surface area contributed by atoms with Crippen LogP contribution < -0.4 is 10.5 Å². The normalized spacial score (nSPS) is 11.5. The molecule has 9 heteroatoms. The smallest absolute Gasteiger partial charge is 0.196 e. The zero-order valence-corrected chi connectivity index (χ0v) is 18.6. The lowest BCUT2D eigenvalue weighted by molar-refractivity contribution is -0.112. The van der Waals surface area contributed by atoms with Gasteiger partial charge in [-0.05, 0) is 50.2 Å². The lowest BCUT2D eigenvalue weighted by atomic mass is 10.2. The van der Waals surface area contributed by atoms with Gasteiger partial charge in [-0.3, -0.25) is 9.36 Å². The van der Waals surface area contributed by atoms with Crippen molar-refractivity contribution in [2.75, 3.05) is 12.4 Å². The first-order chi connectivity index (χ1) is 14.9. The van der Waals surface area contributed by atoms with E-state index >= 15 is 0 Å². The molecule has 0 fully saturated rings. The summed E-state index contributed by atoms with van der Waals surface area (Å²) in [5.41, 5.74) is 7.36. The summed E-state index contributed by atoms with van der Waals surface area (Å²) in [6.45, 7) is 4.02. The van der Waals surface area contributed by atoms with Crippen molar-refractivity contribution in [3.8, 4) is 28.9 Å². The Labute approximate surface area is 189 Å². The molecule has 2 aromatic carbocycles. The number of aromatic nitrogens is 3. The number of halogens is 1. The molecular weight excluding hydrogens is 434 g/mol. The maximum absolute atomic E-state index is 12.4. The molecule has 0 saturated carbocycles. The van der Waals surface area contributed by atoms with Crippen LogP contribution in [0.3, 0.4) is 0 Å². The first kappa shape index (κ1) is 22.4. The van der Waals surface area contributed by atoms with Crippen molar-refractivity contribution in [3.63, 3.8) is 0 Å². The maximum Gasteiger partial charge on any atom is 0.196 e. The molecule has 0 atom stereocenters. The number of hydrogen-bond donors (Lipinski definition) is 1. The number of nitrogens with zero attached hydrogens (tertiary/aromatic N) is 4. The molecule has 0 bridgehead atoms. The van der Waals surface area contributed by atoms with Crippen LogP contribution >= 0.6 is 23.4 Å². The van der Waals surface area contributed by atoms with Gasteiger partial charge in [0, 0.05) is 22.0 Å². The number of ether oxygens (including phenoxy) is 1. The Morgan fingerprint density at radius 2 is 2.00 bits per heavy atom. The summed E-state index contributed by atoms with van der Waals surface area (Å²) in [5.74, 6) is 0.961. The van der Waals surface area contributed by atoms with Crippen LogP contribution in [-0.2, 0) is 4.79 Å². The third-order valence-electron chi connectivity index (χ3n) is 4.24. The lowest BCUT2D eigenvalue weighted by Gasteiger charge is -2.11.